The second kappa shape index (κ2) is 6.72. The van der Waals surface area contributed by atoms with Crippen molar-refractivity contribution in [3.8, 4) is 0 Å². The van der Waals surface area contributed by atoms with E-state index in [0.717, 1.165) is 0 Å². The van der Waals surface area contributed by atoms with Crippen LogP contribution >= 0.6 is 0 Å². The number of rotatable bonds is 6. The third-order valence-electron chi connectivity index (χ3n) is 2.49. The lowest BCUT2D eigenvalue weighted by atomic mass is 10.0. The SMILES string of the molecule is Cc1noc(CNC(=O)NC(CC(=O)O)C(C)C)n1. The Hall–Kier alpha value is -2.12. The topological polar surface area (TPSA) is 117 Å². The van der Waals surface area contributed by atoms with Gasteiger partial charge in [0.05, 0.1) is 13.0 Å². The number of carbonyl (C=O) groups excluding carboxylic acids is 1. The first-order chi connectivity index (χ1) is 8.88. The second-order valence-electron chi connectivity index (χ2n) is 4.51. The van der Waals surface area contributed by atoms with Gasteiger partial charge in [-0.3, -0.25) is 4.79 Å². The van der Waals surface area contributed by atoms with Crippen LogP contribution in [0.2, 0.25) is 0 Å². The van der Waals surface area contributed by atoms with E-state index in [2.05, 4.69) is 20.8 Å². The summed E-state index contributed by atoms with van der Waals surface area (Å²) in [7, 11) is 0. The number of hydrogen-bond donors (Lipinski definition) is 3. The molecule has 0 spiro atoms. The van der Waals surface area contributed by atoms with Crippen molar-refractivity contribution in [2.45, 2.75) is 39.8 Å². The first kappa shape index (κ1) is 14.9. The van der Waals surface area contributed by atoms with Gasteiger partial charge in [0, 0.05) is 6.04 Å². The summed E-state index contributed by atoms with van der Waals surface area (Å²) in [5.74, 6) is -0.144. The predicted octanol–water partition coefficient (Wildman–Crippen LogP) is 0.677. The summed E-state index contributed by atoms with van der Waals surface area (Å²) in [4.78, 5) is 26.2. The molecule has 1 unspecified atom stereocenters. The van der Waals surface area contributed by atoms with Crippen LogP contribution in [0.4, 0.5) is 4.79 Å². The van der Waals surface area contributed by atoms with Crippen LogP contribution < -0.4 is 10.6 Å². The molecule has 0 saturated carbocycles. The van der Waals surface area contributed by atoms with Crippen LogP contribution in [0.25, 0.3) is 0 Å². The van der Waals surface area contributed by atoms with Crippen molar-refractivity contribution in [2.75, 3.05) is 0 Å². The summed E-state index contributed by atoms with van der Waals surface area (Å²) in [5, 5.41) is 17.5. The number of aromatic nitrogens is 2. The summed E-state index contributed by atoms with van der Waals surface area (Å²) >= 11 is 0. The molecule has 2 amide bonds. The van der Waals surface area contributed by atoms with E-state index in [0.29, 0.717) is 11.7 Å². The largest absolute Gasteiger partial charge is 0.481 e. The summed E-state index contributed by atoms with van der Waals surface area (Å²) in [6.07, 6.45) is -0.120. The van der Waals surface area contributed by atoms with Crippen LogP contribution in [-0.4, -0.2) is 33.3 Å². The highest BCUT2D eigenvalue weighted by Crippen LogP contribution is 2.06. The molecule has 0 aromatic carbocycles. The lowest BCUT2D eigenvalue weighted by Gasteiger charge is -2.20. The molecule has 0 aliphatic heterocycles. The Bertz CT molecular complexity index is 444. The summed E-state index contributed by atoms with van der Waals surface area (Å²) in [5.41, 5.74) is 0. The number of amides is 2. The van der Waals surface area contributed by atoms with Gasteiger partial charge >= 0.3 is 12.0 Å². The Balaban J connectivity index is 2.42. The van der Waals surface area contributed by atoms with Crippen molar-refractivity contribution in [1.29, 1.82) is 0 Å². The molecule has 0 aliphatic carbocycles. The van der Waals surface area contributed by atoms with Gasteiger partial charge < -0.3 is 20.3 Å². The molecule has 0 aliphatic rings. The quantitative estimate of drug-likeness (QED) is 0.699. The van der Waals surface area contributed by atoms with Crippen LogP contribution in [-0.2, 0) is 11.3 Å². The second-order valence-corrected chi connectivity index (χ2v) is 4.51. The fourth-order valence-electron chi connectivity index (χ4n) is 1.43. The number of aryl methyl sites for hydroxylation is 1. The van der Waals surface area contributed by atoms with E-state index >= 15 is 0 Å². The van der Waals surface area contributed by atoms with Gasteiger partial charge in [0.1, 0.15) is 0 Å². The molecule has 0 bridgehead atoms. The molecule has 1 heterocycles. The Morgan fingerprint density at radius 1 is 1.42 bits per heavy atom. The van der Waals surface area contributed by atoms with Gasteiger partial charge in [-0.15, -0.1) is 0 Å². The number of hydrogen-bond acceptors (Lipinski definition) is 5. The van der Waals surface area contributed by atoms with Crippen LogP contribution in [0.5, 0.6) is 0 Å². The number of carbonyl (C=O) groups is 2. The molecular weight excluding hydrogens is 252 g/mol. The zero-order valence-corrected chi connectivity index (χ0v) is 11.1. The van der Waals surface area contributed by atoms with Crippen LogP contribution in [0.15, 0.2) is 4.52 Å². The number of urea groups is 1. The molecule has 1 rings (SSSR count). The first-order valence-corrected chi connectivity index (χ1v) is 5.93. The normalized spacial score (nSPS) is 12.2. The maximum absolute atomic E-state index is 11.6. The van der Waals surface area contributed by atoms with Crippen LogP contribution in [0.1, 0.15) is 32.0 Å². The van der Waals surface area contributed by atoms with Crippen molar-refractivity contribution >= 4 is 12.0 Å². The minimum Gasteiger partial charge on any atom is -0.481 e. The van der Waals surface area contributed by atoms with Crippen molar-refractivity contribution in [3.05, 3.63) is 11.7 Å². The van der Waals surface area contributed by atoms with Crippen molar-refractivity contribution in [1.82, 2.24) is 20.8 Å². The highest BCUT2D eigenvalue weighted by Gasteiger charge is 2.19. The molecule has 1 atom stereocenters. The zero-order chi connectivity index (χ0) is 14.4. The molecule has 0 saturated heterocycles. The lowest BCUT2D eigenvalue weighted by Crippen LogP contribution is -2.45. The van der Waals surface area contributed by atoms with E-state index < -0.39 is 18.0 Å². The highest BCUT2D eigenvalue weighted by atomic mass is 16.5. The molecular formula is C11H18N4O4. The highest BCUT2D eigenvalue weighted by molar-refractivity contribution is 5.75. The monoisotopic (exact) mass is 270 g/mol. The molecule has 3 N–H and O–H groups in total. The summed E-state index contributed by atoms with van der Waals surface area (Å²) < 4.78 is 4.83. The Labute approximate surface area is 110 Å². The minimum absolute atomic E-state index is 0.0208. The van der Waals surface area contributed by atoms with Crippen molar-refractivity contribution < 1.29 is 19.2 Å². The summed E-state index contributed by atoms with van der Waals surface area (Å²) in [6, 6.07) is -0.891. The lowest BCUT2D eigenvalue weighted by molar-refractivity contribution is -0.137. The fourth-order valence-corrected chi connectivity index (χ4v) is 1.43. The van der Waals surface area contributed by atoms with Gasteiger partial charge in [-0.05, 0) is 12.8 Å². The molecule has 8 nitrogen and oxygen atoms in total. The fraction of sp³-hybridized carbons (Fsp3) is 0.636. The van der Waals surface area contributed by atoms with Gasteiger partial charge in [0.2, 0.25) is 5.89 Å². The van der Waals surface area contributed by atoms with E-state index in [1.54, 1.807) is 6.92 Å². The number of carboxylic acids is 1. The van der Waals surface area contributed by atoms with E-state index in [1.807, 2.05) is 13.8 Å². The van der Waals surface area contributed by atoms with E-state index in [1.165, 1.54) is 0 Å². The molecule has 19 heavy (non-hydrogen) atoms. The number of carboxylic acid groups (broad SMARTS) is 1. The van der Waals surface area contributed by atoms with E-state index in [4.69, 9.17) is 9.63 Å². The molecule has 1 aromatic heterocycles. The average Bonchev–Trinajstić information content (AvgIpc) is 2.71. The predicted molar refractivity (Wildman–Crippen MR) is 65.3 cm³/mol. The molecule has 0 fully saturated rings. The van der Waals surface area contributed by atoms with Gasteiger partial charge in [-0.2, -0.15) is 4.98 Å². The molecule has 8 heteroatoms. The number of aliphatic carboxylic acids is 1. The van der Waals surface area contributed by atoms with E-state index in [9.17, 15) is 9.59 Å². The Morgan fingerprint density at radius 2 is 2.11 bits per heavy atom. The summed E-state index contributed by atoms with van der Waals surface area (Å²) in [6.45, 7) is 5.46. The van der Waals surface area contributed by atoms with Crippen molar-refractivity contribution in [2.24, 2.45) is 5.92 Å². The molecule has 0 radical (unpaired) electrons. The molecule has 106 valence electrons. The maximum Gasteiger partial charge on any atom is 0.315 e. The van der Waals surface area contributed by atoms with Gasteiger partial charge in [-0.25, -0.2) is 4.79 Å². The smallest absolute Gasteiger partial charge is 0.315 e. The van der Waals surface area contributed by atoms with Gasteiger partial charge in [-0.1, -0.05) is 19.0 Å². The zero-order valence-electron chi connectivity index (χ0n) is 11.1. The van der Waals surface area contributed by atoms with Crippen LogP contribution in [0.3, 0.4) is 0 Å². The Morgan fingerprint density at radius 3 is 2.58 bits per heavy atom. The maximum atomic E-state index is 11.6. The van der Waals surface area contributed by atoms with Crippen LogP contribution in [0, 0.1) is 12.8 Å². The van der Waals surface area contributed by atoms with E-state index in [-0.39, 0.29) is 18.9 Å². The standard InChI is InChI=1S/C11H18N4O4/c1-6(2)8(4-10(16)17)14-11(18)12-5-9-13-7(3)15-19-9/h6,8H,4-5H2,1-3H3,(H,16,17)(H2,12,14,18). The van der Waals surface area contributed by atoms with Gasteiger partial charge in [0.15, 0.2) is 5.82 Å². The van der Waals surface area contributed by atoms with Crippen molar-refractivity contribution in [3.63, 3.8) is 0 Å². The minimum atomic E-state index is -0.952. The number of nitrogens with zero attached hydrogens (tertiary/aromatic N) is 2. The molecule has 1 aromatic rings. The average molecular weight is 270 g/mol. The number of nitrogens with one attached hydrogen (secondary N) is 2. The third-order valence-corrected chi connectivity index (χ3v) is 2.49. The first-order valence-electron chi connectivity index (χ1n) is 5.93. The van der Waals surface area contributed by atoms with Gasteiger partial charge in [0.25, 0.3) is 0 Å². The Kier molecular flexibility index (Phi) is 5.28. The third kappa shape index (κ3) is 5.36.